The number of fused-ring (bicyclic) bond motifs is 1. The second-order valence-electron chi connectivity index (χ2n) is 2.18. The predicted molar refractivity (Wildman–Crippen MR) is 41.7 cm³/mol. The van der Waals surface area contributed by atoms with Crippen LogP contribution in [0, 0.1) is 0 Å². The number of nitrogens with zero attached hydrogens (tertiary/aromatic N) is 4. The van der Waals surface area contributed by atoms with Gasteiger partial charge in [-0.25, -0.2) is 4.98 Å². The molecule has 12 heavy (non-hydrogen) atoms. The fourth-order valence-electron chi connectivity index (χ4n) is 0.880. The third-order valence-electron chi connectivity index (χ3n) is 1.43. The van der Waals surface area contributed by atoms with Crippen LogP contribution in [-0.4, -0.2) is 26.7 Å². The van der Waals surface area contributed by atoms with Gasteiger partial charge in [0.05, 0.1) is 7.11 Å². The smallest absolute Gasteiger partial charge is 0.337 e. The molecule has 2 aromatic heterocycles. The Kier molecular flexibility index (Phi) is 1.33. The van der Waals surface area contributed by atoms with Crippen LogP contribution in [0.25, 0.3) is 5.78 Å². The molecule has 0 aromatic carbocycles. The zero-order chi connectivity index (χ0) is 8.55. The van der Waals surface area contributed by atoms with Gasteiger partial charge in [-0.05, 0) is 6.07 Å². The van der Waals surface area contributed by atoms with Crippen molar-refractivity contribution in [1.82, 2.24) is 19.6 Å². The number of ether oxygens (including phenoxy) is 1. The van der Waals surface area contributed by atoms with E-state index in [2.05, 4.69) is 15.1 Å². The molecule has 0 bridgehead atoms. The average Bonchev–Trinajstić information content (AvgIpc) is 2.49. The summed E-state index contributed by atoms with van der Waals surface area (Å²) in [5, 5.41) is 3.93. The number of nitrogen functional groups attached to an aromatic ring is 1. The Balaban J connectivity index is 2.74. The fourth-order valence-corrected chi connectivity index (χ4v) is 0.880. The Morgan fingerprint density at radius 1 is 1.58 bits per heavy atom. The van der Waals surface area contributed by atoms with E-state index in [4.69, 9.17) is 10.5 Å². The number of nitrogens with two attached hydrogens (primary N) is 1. The van der Waals surface area contributed by atoms with Crippen molar-refractivity contribution in [3.8, 4) is 6.01 Å². The number of anilines is 1. The van der Waals surface area contributed by atoms with Gasteiger partial charge in [0.25, 0.3) is 5.78 Å². The molecule has 0 radical (unpaired) electrons. The third kappa shape index (κ3) is 0.849. The zero-order valence-corrected chi connectivity index (χ0v) is 6.43. The van der Waals surface area contributed by atoms with Crippen LogP contribution in [0.2, 0.25) is 0 Å². The molecule has 0 aliphatic carbocycles. The lowest BCUT2D eigenvalue weighted by Gasteiger charge is -1.92. The van der Waals surface area contributed by atoms with Gasteiger partial charge in [-0.15, -0.1) is 5.10 Å². The lowest BCUT2D eigenvalue weighted by atomic mass is 10.6. The maximum atomic E-state index is 5.59. The highest BCUT2D eigenvalue weighted by Gasteiger charge is 2.04. The minimum absolute atomic E-state index is 0.264. The molecule has 0 atom stereocenters. The van der Waals surface area contributed by atoms with Crippen LogP contribution in [0.1, 0.15) is 0 Å². The third-order valence-corrected chi connectivity index (χ3v) is 1.43. The molecule has 2 rings (SSSR count). The SMILES string of the molecule is COc1nc2nccc(N)n2n1. The van der Waals surface area contributed by atoms with Crippen molar-refractivity contribution in [2.45, 2.75) is 0 Å². The number of hydrogen-bond donors (Lipinski definition) is 1. The zero-order valence-electron chi connectivity index (χ0n) is 6.43. The summed E-state index contributed by atoms with van der Waals surface area (Å²) in [6.45, 7) is 0. The normalized spacial score (nSPS) is 10.4. The van der Waals surface area contributed by atoms with Crippen molar-refractivity contribution in [3.05, 3.63) is 12.3 Å². The number of rotatable bonds is 1. The molecule has 2 heterocycles. The van der Waals surface area contributed by atoms with E-state index in [0.717, 1.165) is 0 Å². The molecule has 0 unspecified atom stereocenters. The van der Waals surface area contributed by atoms with Crippen LogP contribution in [0.15, 0.2) is 12.3 Å². The molecule has 2 N–H and O–H groups in total. The van der Waals surface area contributed by atoms with E-state index in [0.29, 0.717) is 11.6 Å². The van der Waals surface area contributed by atoms with Crippen molar-refractivity contribution >= 4 is 11.6 Å². The summed E-state index contributed by atoms with van der Waals surface area (Å²) in [6, 6.07) is 1.90. The van der Waals surface area contributed by atoms with E-state index >= 15 is 0 Å². The molecule has 6 nitrogen and oxygen atoms in total. The van der Waals surface area contributed by atoms with Crippen LogP contribution < -0.4 is 10.5 Å². The topological polar surface area (TPSA) is 78.3 Å². The van der Waals surface area contributed by atoms with Gasteiger partial charge in [0.15, 0.2) is 0 Å². The lowest BCUT2D eigenvalue weighted by Crippen LogP contribution is -1.98. The van der Waals surface area contributed by atoms with Crippen molar-refractivity contribution < 1.29 is 4.74 Å². The summed E-state index contributed by atoms with van der Waals surface area (Å²) in [7, 11) is 1.49. The van der Waals surface area contributed by atoms with E-state index in [9.17, 15) is 0 Å². The minimum atomic E-state index is 0.264. The second-order valence-corrected chi connectivity index (χ2v) is 2.18. The molecule has 0 fully saturated rings. The summed E-state index contributed by atoms with van der Waals surface area (Å²) in [5.74, 6) is 0.919. The highest BCUT2D eigenvalue weighted by atomic mass is 16.5. The number of aromatic nitrogens is 4. The summed E-state index contributed by atoms with van der Waals surface area (Å²) >= 11 is 0. The highest BCUT2D eigenvalue weighted by Crippen LogP contribution is 2.07. The van der Waals surface area contributed by atoms with E-state index in [1.165, 1.54) is 11.6 Å². The Labute approximate surface area is 68.0 Å². The van der Waals surface area contributed by atoms with Crippen LogP contribution >= 0.6 is 0 Å². The number of methoxy groups -OCH3 is 1. The quantitative estimate of drug-likeness (QED) is 0.628. The molecule has 62 valence electrons. The molecule has 0 spiro atoms. The molecule has 0 saturated carbocycles. The van der Waals surface area contributed by atoms with E-state index in [1.807, 2.05) is 0 Å². The predicted octanol–water partition coefficient (Wildman–Crippen LogP) is -0.285. The van der Waals surface area contributed by atoms with Crippen molar-refractivity contribution in [2.24, 2.45) is 0 Å². The van der Waals surface area contributed by atoms with Crippen molar-refractivity contribution in [2.75, 3.05) is 12.8 Å². The largest absolute Gasteiger partial charge is 0.466 e. The van der Waals surface area contributed by atoms with Crippen LogP contribution in [0.4, 0.5) is 5.82 Å². The summed E-state index contributed by atoms with van der Waals surface area (Å²) in [5.41, 5.74) is 5.59. The minimum Gasteiger partial charge on any atom is -0.466 e. The molecular formula is C6H7N5O. The van der Waals surface area contributed by atoms with Gasteiger partial charge in [-0.1, -0.05) is 0 Å². The lowest BCUT2D eigenvalue weighted by molar-refractivity contribution is 0.381. The second kappa shape index (κ2) is 2.33. The molecule has 0 saturated heterocycles. The first-order valence-electron chi connectivity index (χ1n) is 3.32. The molecule has 0 aliphatic rings. The molecular weight excluding hydrogens is 158 g/mol. The maximum absolute atomic E-state index is 5.59. The van der Waals surface area contributed by atoms with Crippen LogP contribution in [-0.2, 0) is 0 Å². The summed E-state index contributed by atoms with van der Waals surface area (Å²) in [4.78, 5) is 7.87. The van der Waals surface area contributed by atoms with E-state index in [1.54, 1.807) is 12.3 Å². The van der Waals surface area contributed by atoms with E-state index < -0.39 is 0 Å². The molecule has 0 amide bonds. The molecule has 2 aromatic rings. The van der Waals surface area contributed by atoms with Gasteiger partial charge in [0, 0.05) is 6.20 Å². The van der Waals surface area contributed by atoms with Gasteiger partial charge in [0.1, 0.15) is 5.82 Å². The Morgan fingerprint density at radius 3 is 3.08 bits per heavy atom. The molecule has 0 aliphatic heterocycles. The fraction of sp³-hybridized carbons (Fsp3) is 0.167. The monoisotopic (exact) mass is 165 g/mol. The van der Waals surface area contributed by atoms with Gasteiger partial charge in [-0.2, -0.15) is 9.50 Å². The Morgan fingerprint density at radius 2 is 2.42 bits per heavy atom. The standard InChI is InChI=1S/C6H7N5O/c1-12-6-9-5-8-3-2-4(7)11(5)10-6/h2-3H,7H2,1H3. The van der Waals surface area contributed by atoms with Crippen LogP contribution in [0.5, 0.6) is 6.01 Å². The first-order chi connectivity index (χ1) is 5.81. The summed E-state index contributed by atoms with van der Waals surface area (Å²) in [6.07, 6.45) is 1.57. The van der Waals surface area contributed by atoms with Gasteiger partial charge >= 0.3 is 6.01 Å². The molecule has 6 heteroatoms. The van der Waals surface area contributed by atoms with Gasteiger partial charge in [-0.3, -0.25) is 0 Å². The van der Waals surface area contributed by atoms with Gasteiger partial charge < -0.3 is 10.5 Å². The van der Waals surface area contributed by atoms with Crippen molar-refractivity contribution in [3.63, 3.8) is 0 Å². The number of hydrogen-bond acceptors (Lipinski definition) is 5. The van der Waals surface area contributed by atoms with Crippen molar-refractivity contribution in [1.29, 1.82) is 0 Å². The maximum Gasteiger partial charge on any atom is 0.337 e. The first-order valence-corrected chi connectivity index (χ1v) is 3.32. The Hall–Kier alpha value is -1.85. The first kappa shape index (κ1) is 6.84. The van der Waals surface area contributed by atoms with E-state index in [-0.39, 0.29) is 6.01 Å². The van der Waals surface area contributed by atoms with Gasteiger partial charge in [0.2, 0.25) is 0 Å². The van der Waals surface area contributed by atoms with Crippen LogP contribution in [0.3, 0.4) is 0 Å². The average molecular weight is 165 g/mol. The Bertz CT molecular complexity index is 409. The highest BCUT2D eigenvalue weighted by molar-refractivity contribution is 5.39. The summed E-state index contributed by atoms with van der Waals surface area (Å²) < 4.78 is 6.23.